The third-order valence-electron chi connectivity index (χ3n) is 4.70. The Morgan fingerprint density at radius 2 is 1.40 bits per heavy atom. The van der Waals surface area contributed by atoms with Gasteiger partial charge in [-0.1, -0.05) is 66.2 Å². The van der Waals surface area contributed by atoms with Crippen molar-refractivity contribution in [1.82, 2.24) is 9.97 Å². The molecule has 0 saturated carbocycles. The Bertz CT molecular complexity index is 1190. The van der Waals surface area contributed by atoms with E-state index >= 15 is 0 Å². The minimum atomic E-state index is 0.180. The second-order valence-corrected chi connectivity index (χ2v) is 7.13. The monoisotopic (exact) mass is 394 g/mol. The number of aromatic hydroxyl groups is 1. The van der Waals surface area contributed by atoms with Crippen molar-refractivity contribution in [1.29, 1.82) is 0 Å². The van der Waals surface area contributed by atoms with Gasteiger partial charge in [-0.25, -0.2) is 15.4 Å². The maximum atomic E-state index is 10.0. The molecule has 0 atom stereocenters. The molecule has 0 aliphatic rings. The molecule has 0 fully saturated rings. The maximum Gasteiger partial charge on any atom is 0.244 e. The normalized spacial score (nSPS) is 11.0. The lowest BCUT2D eigenvalue weighted by atomic mass is 10.1. The third kappa shape index (κ3) is 4.52. The van der Waals surface area contributed by atoms with Crippen LogP contribution in [0, 0.1) is 13.8 Å². The van der Waals surface area contributed by atoms with E-state index in [-0.39, 0.29) is 5.75 Å². The largest absolute Gasteiger partial charge is 0.507 e. The lowest BCUT2D eigenvalue weighted by molar-refractivity contribution is 0.474. The molecule has 0 aliphatic heterocycles. The van der Waals surface area contributed by atoms with Gasteiger partial charge in [-0.3, -0.25) is 0 Å². The first-order chi connectivity index (χ1) is 14.6. The van der Waals surface area contributed by atoms with Crippen molar-refractivity contribution >= 4 is 12.2 Å². The molecule has 5 heteroatoms. The highest BCUT2D eigenvalue weighted by atomic mass is 16.3. The van der Waals surface area contributed by atoms with Crippen molar-refractivity contribution in [2.75, 3.05) is 5.43 Å². The Labute approximate surface area is 175 Å². The van der Waals surface area contributed by atoms with E-state index in [1.165, 1.54) is 5.56 Å². The summed E-state index contributed by atoms with van der Waals surface area (Å²) in [6, 6.07) is 25.6. The van der Waals surface area contributed by atoms with Gasteiger partial charge < -0.3 is 5.11 Å². The molecule has 0 spiro atoms. The number of phenolic OH excluding ortho intramolecular Hbond substituents is 1. The number of benzene rings is 3. The van der Waals surface area contributed by atoms with Crippen molar-refractivity contribution in [3.05, 3.63) is 95.6 Å². The first kappa shape index (κ1) is 19.3. The molecule has 0 saturated heterocycles. The number of hydrogen-bond donors (Lipinski definition) is 2. The molecule has 0 bridgehead atoms. The summed E-state index contributed by atoms with van der Waals surface area (Å²) in [6.07, 6.45) is 1.55. The summed E-state index contributed by atoms with van der Waals surface area (Å²) in [5, 5.41) is 14.3. The minimum absolute atomic E-state index is 0.180. The number of anilines is 1. The van der Waals surface area contributed by atoms with Crippen LogP contribution in [0.25, 0.3) is 22.5 Å². The summed E-state index contributed by atoms with van der Waals surface area (Å²) in [5.74, 6) is 0.564. The smallest absolute Gasteiger partial charge is 0.244 e. The molecule has 1 aromatic heterocycles. The summed E-state index contributed by atoms with van der Waals surface area (Å²) in [5.41, 5.74) is 9.30. The van der Waals surface area contributed by atoms with Crippen LogP contribution in [0.15, 0.2) is 84.0 Å². The Hall–Kier alpha value is -3.99. The van der Waals surface area contributed by atoms with Gasteiger partial charge in [-0.2, -0.15) is 5.10 Å². The second-order valence-electron chi connectivity index (χ2n) is 7.13. The molecule has 1 heterocycles. The topological polar surface area (TPSA) is 70.4 Å². The van der Waals surface area contributed by atoms with E-state index in [0.717, 1.165) is 28.1 Å². The van der Waals surface area contributed by atoms with Crippen LogP contribution < -0.4 is 5.43 Å². The number of rotatable bonds is 5. The molecule has 30 heavy (non-hydrogen) atoms. The van der Waals surface area contributed by atoms with E-state index in [1.807, 2.05) is 67.6 Å². The number of nitrogens with one attached hydrogen (secondary N) is 1. The van der Waals surface area contributed by atoms with Crippen LogP contribution in [0.5, 0.6) is 5.75 Å². The molecule has 0 radical (unpaired) electrons. The van der Waals surface area contributed by atoms with Crippen molar-refractivity contribution < 1.29 is 5.11 Å². The number of hydrazone groups is 1. The second kappa shape index (κ2) is 8.57. The molecule has 0 aliphatic carbocycles. The van der Waals surface area contributed by atoms with Crippen LogP contribution in [0.3, 0.4) is 0 Å². The molecule has 2 N–H and O–H groups in total. The van der Waals surface area contributed by atoms with Crippen LogP contribution in [-0.2, 0) is 0 Å². The molecule has 5 nitrogen and oxygen atoms in total. The Morgan fingerprint density at radius 1 is 0.767 bits per heavy atom. The summed E-state index contributed by atoms with van der Waals surface area (Å²) in [7, 11) is 0. The molecular formula is C25H22N4O. The summed E-state index contributed by atoms with van der Waals surface area (Å²) >= 11 is 0. The third-order valence-corrected chi connectivity index (χ3v) is 4.70. The fraction of sp³-hybridized carbons (Fsp3) is 0.0800. The zero-order valence-corrected chi connectivity index (χ0v) is 16.9. The average Bonchev–Trinajstić information content (AvgIpc) is 2.76. The molecule has 4 aromatic rings. The summed E-state index contributed by atoms with van der Waals surface area (Å²) in [6.45, 7) is 3.98. The highest BCUT2D eigenvalue weighted by Gasteiger charge is 2.08. The van der Waals surface area contributed by atoms with Gasteiger partial charge in [0.25, 0.3) is 0 Å². The number of hydrogen-bond acceptors (Lipinski definition) is 5. The van der Waals surface area contributed by atoms with Gasteiger partial charge in [0.2, 0.25) is 5.95 Å². The molecule has 4 rings (SSSR count). The predicted molar refractivity (Wildman–Crippen MR) is 122 cm³/mol. The van der Waals surface area contributed by atoms with E-state index in [9.17, 15) is 5.11 Å². The van der Waals surface area contributed by atoms with Crippen LogP contribution in [0.4, 0.5) is 5.95 Å². The molecule has 148 valence electrons. The standard InChI is InChI=1S/C25H22N4O/c1-17-8-11-20(12-9-17)23-15-22(19-6-4-3-5-7-19)27-25(28-23)29-26-16-21-13-10-18(2)14-24(21)30/h3-16,30H,1-2H3,(H,27,28,29)/b26-16+. The first-order valence-electron chi connectivity index (χ1n) is 9.69. The number of nitrogens with zero attached hydrogens (tertiary/aromatic N) is 3. The minimum Gasteiger partial charge on any atom is -0.507 e. The van der Waals surface area contributed by atoms with Gasteiger partial charge in [0.05, 0.1) is 17.6 Å². The lowest BCUT2D eigenvalue weighted by Gasteiger charge is -2.09. The van der Waals surface area contributed by atoms with Crippen molar-refractivity contribution in [3.8, 4) is 28.3 Å². The van der Waals surface area contributed by atoms with E-state index in [1.54, 1.807) is 12.3 Å². The molecular weight excluding hydrogens is 372 g/mol. The van der Waals surface area contributed by atoms with E-state index in [0.29, 0.717) is 11.5 Å². The van der Waals surface area contributed by atoms with Gasteiger partial charge >= 0.3 is 0 Å². The first-order valence-corrected chi connectivity index (χ1v) is 9.69. The molecule has 0 unspecified atom stereocenters. The van der Waals surface area contributed by atoms with Crippen LogP contribution in [0.1, 0.15) is 16.7 Å². The van der Waals surface area contributed by atoms with E-state index in [4.69, 9.17) is 0 Å². The fourth-order valence-electron chi connectivity index (χ4n) is 3.05. The Morgan fingerprint density at radius 3 is 2.07 bits per heavy atom. The quantitative estimate of drug-likeness (QED) is 0.342. The summed E-state index contributed by atoms with van der Waals surface area (Å²) in [4.78, 5) is 9.24. The molecule has 3 aromatic carbocycles. The van der Waals surface area contributed by atoms with Crippen molar-refractivity contribution in [2.24, 2.45) is 5.10 Å². The van der Waals surface area contributed by atoms with Crippen LogP contribution in [-0.4, -0.2) is 21.3 Å². The highest BCUT2D eigenvalue weighted by Crippen LogP contribution is 2.25. The Kier molecular flexibility index (Phi) is 5.52. The zero-order valence-electron chi connectivity index (χ0n) is 16.9. The predicted octanol–water partition coefficient (Wildman–Crippen LogP) is 5.58. The lowest BCUT2D eigenvalue weighted by Crippen LogP contribution is -2.00. The van der Waals surface area contributed by atoms with E-state index < -0.39 is 0 Å². The van der Waals surface area contributed by atoms with Crippen molar-refractivity contribution in [3.63, 3.8) is 0 Å². The van der Waals surface area contributed by atoms with Crippen LogP contribution >= 0.6 is 0 Å². The van der Waals surface area contributed by atoms with E-state index in [2.05, 4.69) is 39.6 Å². The van der Waals surface area contributed by atoms with Gasteiger partial charge in [-0.15, -0.1) is 0 Å². The highest BCUT2D eigenvalue weighted by molar-refractivity contribution is 5.84. The van der Waals surface area contributed by atoms with Crippen molar-refractivity contribution in [2.45, 2.75) is 13.8 Å². The number of aromatic nitrogens is 2. The molecule has 0 amide bonds. The van der Waals surface area contributed by atoms with Gasteiger partial charge in [0.15, 0.2) is 0 Å². The number of phenols is 1. The SMILES string of the molecule is Cc1ccc(-c2cc(-c3ccccc3)nc(N/N=C/c3ccc(C)cc3O)n2)cc1. The average molecular weight is 394 g/mol. The maximum absolute atomic E-state index is 10.0. The Balaban J connectivity index is 1.68. The zero-order chi connectivity index (χ0) is 20.9. The number of aryl methyl sites for hydroxylation is 2. The van der Waals surface area contributed by atoms with Gasteiger partial charge in [0.1, 0.15) is 5.75 Å². The van der Waals surface area contributed by atoms with Crippen LogP contribution in [0.2, 0.25) is 0 Å². The fourth-order valence-corrected chi connectivity index (χ4v) is 3.05. The van der Waals surface area contributed by atoms with Gasteiger partial charge in [-0.05, 0) is 37.6 Å². The van der Waals surface area contributed by atoms with Gasteiger partial charge in [0, 0.05) is 16.7 Å². The summed E-state index contributed by atoms with van der Waals surface area (Å²) < 4.78 is 0.